The summed E-state index contributed by atoms with van der Waals surface area (Å²) in [4.78, 5) is 53.9. The third-order valence-electron chi connectivity index (χ3n) is 7.84. The molecule has 2 N–H and O–H groups in total. The van der Waals surface area contributed by atoms with Crippen molar-refractivity contribution in [1.82, 2.24) is 19.8 Å². The average Bonchev–Trinajstić information content (AvgIpc) is 3.64. The number of allylic oxidation sites excluding steroid dienone is 1. The lowest BCUT2D eigenvalue weighted by Crippen LogP contribution is -2.44. The van der Waals surface area contributed by atoms with Gasteiger partial charge >= 0.3 is 0 Å². The van der Waals surface area contributed by atoms with Gasteiger partial charge in [0.15, 0.2) is 0 Å². The predicted octanol–water partition coefficient (Wildman–Crippen LogP) is 6.64. The van der Waals surface area contributed by atoms with Gasteiger partial charge in [0.2, 0.25) is 17.1 Å². The predicted molar refractivity (Wildman–Crippen MR) is 167 cm³/mol. The Balaban J connectivity index is 0.000000818. The van der Waals surface area contributed by atoms with Crippen molar-refractivity contribution in [3.05, 3.63) is 71.0 Å². The molecule has 3 aromatic rings. The maximum atomic E-state index is 13.3. The Bertz CT molecular complexity index is 1560. The van der Waals surface area contributed by atoms with Gasteiger partial charge in [-0.25, -0.2) is 13.8 Å². The standard InChI is InChI=1S/C28H31F2N5O3S.C3H3ClO/c1-3-24(36)31-17-14-19(15-17)35-21-10-9-16(27(38)34(2)18-7-5-4-6-8-18)13-20(21)32-28(35)33-26(37)23-12-11-22(39-23)25(29)30;1-2-3(4)5/h3,9-13,17-19,25H,1,4-8,14-15H2,2H3,(H,31,36)(H,32,33,37);2H,1H2. The number of hydrogen-bond donors (Lipinski definition) is 2. The van der Waals surface area contributed by atoms with E-state index in [9.17, 15) is 28.0 Å². The fourth-order valence-corrected chi connectivity index (χ4v) is 6.22. The summed E-state index contributed by atoms with van der Waals surface area (Å²) < 4.78 is 28.0. The maximum absolute atomic E-state index is 13.3. The van der Waals surface area contributed by atoms with Gasteiger partial charge in [-0.1, -0.05) is 32.4 Å². The van der Waals surface area contributed by atoms with Crippen LogP contribution in [0.5, 0.6) is 0 Å². The monoisotopic (exact) mass is 645 g/mol. The summed E-state index contributed by atoms with van der Waals surface area (Å²) >= 11 is 5.44. The van der Waals surface area contributed by atoms with Gasteiger partial charge in [-0.15, -0.1) is 11.3 Å². The Kier molecular flexibility index (Phi) is 11.0. The number of thiophene rings is 1. The number of carbonyl (C=O) groups excluding carboxylic acids is 4. The molecular weight excluding hydrogens is 612 g/mol. The van der Waals surface area contributed by atoms with Gasteiger partial charge in [0.1, 0.15) is 0 Å². The molecule has 2 saturated carbocycles. The second kappa shape index (κ2) is 14.7. The van der Waals surface area contributed by atoms with Crippen molar-refractivity contribution in [2.75, 3.05) is 12.4 Å². The van der Waals surface area contributed by atoms with Gasteiger partial charge in [0.25, 0.3) is 18.2 Å². The van der Waals surface area contributed by atoms with Crippen LogP contribution in [-0.4, -0.2) is 56.5 Å². The molecule has 3 amide bonds. The lowest BCUT2D eigenvalue weighted by Gasteiger charge is -2.37. The molecule has 2 aromatic heterocycles. The highest BCUT2D eigenvalue weighted by molar-refractivity contribution is 7.14. The summed E-state index contributed by atoms with van der Waals surface area (Å²) in [6.07, 6.45) is 6.28. The molecule has 5 rings (SSSR count). The summed E-state index contributed by atoms with van der Waals surface area (Å²) in [6, 6.07) is 8.07. The Hall–Kier alpha value is -3.90. The summed E-state index contributed by atoms with van der Waals surface area (Å²) in [5.74, 6) is -0.587. The molecule has 2 fully saturated rings. The number of anilines is 1. The minimum absolute atomic E-state index is 0.0441. The van der Waals surface area contributed by atoms with Crippen molar-refractivity contribution >= 4 is 62.9 Å². The molecule has 2 aliphatic rings. The Morgan fingerprint density at radius 2 is 1.77 bits per heavy atom. The summed E-state index contributed by atoms with van der Waals surface area (Å²) in [7, 11) is 1.84. The number of amides is 3. The van der Waals surface area contributed by atoms with Gasteiger partial charge in [-0.2, -0.15) is 0 Å². The largest absolute Gasteiger partial charge is 0.350 e. The Morgan fingerprint density at radius 3 is 2.36 bits per heavy atom. The van der Waals surface area contributed by atoms with Crippen molar-refractivity contribution in [3.8, 4) is 0 Å². The zero-order valence-electron chi connectivity index (χ0n) is 24.2. The van der Waals surface area contributed by atoms with E-state index in [1.54, 1.807) is 12.1 Å². The first-order valence-electron chi connectivity index (χ1n) is 14.3. The number of carbonyl (C=O) groups is 4. The molecule has 0 aliphatic heterocycles. The van der Waals surface area contributed by atoms with Gasteiger partial charge in [0, 0.05) is 30.7 Å². The van der Waals surface area contributed by atoms with Crippen LogP contribution in [0.25, 0.3) is 11.0 Å². The second-order valence-electron chi connectivity index (χ2n) is 10.7. The molecule has 9 nitrogen and oxygen atoms in total. The second-order valence-corrected chi connectivity index (χ2v) is 12.2. The number of halogens is 3. The molecule has 0 saturated heterocycles. The Labute approximate surface area is 263 Å². The van der Waals surface area contributed by atoms with Gasteiger partial charge in [0.05, 0.1) is 20.8 Å². The number of nitrogens with zero attached hydrogens (tertiary/aromatic N) is 3. The van der Waals surface area contributed by atoms with E-state index in [1.165, 1.54) is 24.6 Å². The van der Waals surface area contributed by atoms with Crippen LogP contribution in [-0.2, 0) is 9.59 Å². The van der Waals surface area contributed by atoms with Crippen molar-refractivity contribution in [2.24, 2.45) is 0 Å². The molecule has 0 atom stereocenters. The number of hydrogen-bond acceptors (Lipinski definition) is 6. The summed E-state index contributed by atoms with van der Waals surface area (Å²) in [6.45, 7) is 6.56. The van der Waals surface area contributed by atoms with Crippen molar-refractivity contribution in [2.45, 2.75) is 69.5 Å². The fourth-order valence-electron chi connectivity index (χ4n) is 5.46. The highest BCUT2D eigenvalue weighted by atomic mass is 35.5. The zero-order chi connectivity index (χ0) is 32.0. The topological polar surface area (TPSA) is 113 Å². The van der Waals surface area contributed by atoms with E-state index in [0.29, 0.717) is 23.9 Å². The molecule has 0 radical (unpaired) electrons. The van der Waals surface area contributed by atoms with Crippen molar-refractivity contribution in [3.63, 3.8) is 0 Å². The molecular formula is C31H34ClF2N5O4S. The molecule has 1 aromatic carbocycles. The van der Waals surface area contributed by atoms with Gasteiger partial charge in [-0.05, 0) is 79.8 Å². The number of fused-ring (bicyclic) bond motifs is 1. The first-order valence-corrected chi connectivity index (χ1v) is 15.4. The average molecular weight is 646 g/mol. The third-order valence-corrected chi connectivity index (χ3v) is 9.09. The number of alkyl halides is 2. The van der Waals surface area contributed by atoms with E-state index in [1.807, 2.05) is 22.6 Å². The van der Waals surface area contributed by atoms with Gasteiger partial charge in [-0.3, -0.25) is 24.5 Å². The quantitative estimate of drug-likeness (QED) is 0.200. The van der Waals surface area contributed by atoms with Crippen LogP contribution in [0, 0.1) is 0 Å². The van der Waals surface area contributed by atoms with Crippen LogP contribution in [0.3, 0.4) is 0 Å². The number of benzene rings is 1. The third kappa shape index (κ3) is 7.78. The molecule has 13 heteroatoms. The highest BCUT2D eigenvalue weighted by Crippen LogP contribution is 2.38. The molecule has 2 heterocycles. The van der Waals surface area contributed by atoms with Crippen LogP contribution < -0.4 is 10.6 Å². The van der Waals surface area contributed by atoms with Crippen molar-refractivity contribution < 1.29 is 28.0 Å². The molecule has 234 valence electrons. The lowest BCUT2D eigenvalue weighted by molar-refractivity contribution is -0.118. The molecule has 0 unspecified atom stereocenters. The molecule has 0 spiro atoms. The van der Waals surface area contributed by atoms with Crippen LogP contribution in [0.4, 0.5) is 14.7 Å². The smallest absolute Gasteiger partial charge is 0.272 e. The lowest BCUT2D eigenvalue weighted by atomic mass is 9.86. The van der Waals surface area contributed by atoms with E-state index >= 15 is 0 Å². The first-order chi connectivity index (χ1) is 21.0. The van der Waals surface area contributed by atoms with Crippen LogP contribution in [0.1, 0.15) is 82.3 Å². The summed E-state index contributed by atoms with van der Waals surface area (Å²) in [5.41, 5.74) is 1.80. The SMILES string of the molecule is C=CC(=O)Cl.C=CC(=O)NC1CC(n2c(NC(=O)c3ccc(C(F)F)s3)nc3cc(C(=O)N(C)C4CCCCC4)ccc32)C1. The number of nitrogens with one attached hydrogen (secondary N) is 2. The molecule has 44 heavy (non-hydrogen) atoms. The van der Waals surface area contributed by atoms with E-state index in [4.69, 9.17) is 11.6 Å². The van der Waals surface area contributed by atoms with Gasteiger partial charge < -0.3 is 14.8 Å². The minimum Gasteiger partial charge on any atom is -0.350 e. The van der Waals surface area contributed by atoms with E-state index in [2.05, 4.69) is 28.8 Å². The highest BCUT2D eigenvalue weighted by Gasteiger charge is 2.34. The summed E-state index contributed by atoms with van der Waals surface area (Å²) in [5, 5.41) is 5.15. The number of aromatic nitrogens is 2. The van der Waals surface area contributed by atoms with Crippen LogP contribution in [0.15, 0.2) is 55.6 Å². The fraction of sp³-hybridized carbons (Fsp3) is 0.387. The number of rotatable bonds is 9. The molecule has 2 aliphatic carbocycles. The van der Waals surface area contributed by atoms with E-state index < -0.39 is 17.6 Å². The van der Waals surface area contributed by atoms with E-state index in [0.717, 1.165) is 48.6 Å². The Morgan fingerprint density at radius 1 is 1.09 bits per heavy atom. The minimum atomic E-state index is -2.65. The maximum Gasteiger partial charge on any atom is 0.272 e. The number of imidazole rings is 1. The zero-order valence-corrected chi connectivity index (χ0v) is 25.8. The van der Waals surface area contributed by atoms with Crippen molar-refractivity contribution in [1.29, 1.82) is 0 Å². The van der Waals surface area contributed by atoms with Crippen LogP contribution >= 0.6 is 22.9 Å². The molecule has 0 bridgehead atoms. The van der Waals surface area contributed by atoms with E-state index in [-0.39, 0.29) is 45.6 Å². The first kappa shape index (κ1) is 33.0. The normalized spacial score (nSPS) is 18.0. The van der Waals surface area contributed by atoms with Crippen LogP contribution in [0.2, 0.25) is 0 Å².